The minimum absolute atomic E-state index is 0.566. The molecule has 64 valence electrons. The fourth-order valence-corrected chi connectivity index (χ4v) is 1.95. The highest BCUT2D eigenvalue weighted by molar-refractivity contribution is 4.94. The highest BCUT2D eigenvalue weighted by Crippen LogP contribution is 2.23. The SMILES string of the molecule is C=C[C@@H]1NC[C@H](C)CC1CC. The van der Waals surface area contributed by atoms with Crippen LogP contribution in [0.15, 0.2) is 12.7 Å². The van der Waals surface area contributed by atoms with Gasteiger partial charge in [0.05, 0.1) is 0 Å². The third kappa shape index (κ3) is 2.06. The van der Waals surface area contributed by atoms with Crippen molar-refractivity contribution in [3.05, 3.63) is 12.7 Å². The first kappa shape index (κ1) is 8.79. The Kier molecular flexibility index (Phi) is 3.13. The van der Waals surface area contributed by atoms with E-state index in [9.17, 15) is 0 Å². The molecule has 0 aromatic rings. The van der Waals surface area contributed by atoms with Crippen molar-refractivity contribution < 1.29 is 0 Å². The van der Waals surface area contributed by atoms with Crippen molar-refractivity contribution in [2.75, 3.05) is 6.54 Å². The van der Waals surface area contributed by atoms with Crippen LogP contribution in [0.4, 0.5) is 0 Å². The molecule has 1 rings (SSSR count). The van der Waals surface area contributed by atoms with Gasteiger partial charge in [0.25, 0.3) is 0 Å². The first-order valence-electron chi connectivity index (χ1n) is 4.63. The average Bonchev–Trinajstić information content (AvgIpc) is 2.04. The quantitative estimate of drug-likeness (QED) is 0.600. The van der Waals surface area contributed by atoms with Gasteiger partial charge in [-0.05, 0) is 24.8 Å². The maximum Gasteiger partial charge on any atom is 0.0275 e. The van der Waals surface area contributed by atoms with Crippen molar-refractivity contribution in [2.45, 2.75) is 32.7 Å². The fraction of sp³-hybridized carbons (Fsp3) is 0.800. The molecule has 0 bridgehead atoms. The van der Waals surface area contributed by atoms with Gasteiger partial charge in [0, 0.05) is 6.04 Å². The van der Waals surface area contributed by atoms with E-state index in [1.54, 1.807) is 0 Å². The maximum absolute atomic E-state index is 3.85. The summed E-state index contributed by atoms with van der Waals surface area (Å²) in [5.74, 6) is 1.66. The Balaban J connectivity index is 2.47. The van der Waals surface area contributed by atoms with Crippen molar-refractivity contribution in [1.29, 1.82) is 0 Å². The molecule has 3 atom stereocenters. The summed E-state index contributed by atoms with van der Waals surface area (Å²) in [5, 5.41) is 3.50. The van der Waals surface area contributed by atoms with E-state index < -0.39 is 0 Å². The van der Waals surface area contributed by atoms with Crippen molar-refractivity contribution in [2.24, 2.45) is 11.8 Å². The molecular formula is C10H19N. The Hall–Kier alpha value is -0.300. The van der Waals surface area contributed by atoms with E-state index in [-0.39, 0.29) is 0 Å². The van der Waals surface area contributed by atoms with Crippen LogP contribution in [0.2, 0.25) is 0 Å². The molecule has 0 aromatic carbocycles. The van der Waals surface area contributed by atoms with E-state index in [2.05, 4.69) is 31.8 Å². The molecule has 1 heteroatoms. The van der Waals surface area contributed by atoms with Crippen LogP contribution >= 0.6 is 0 Å². The summed E-state index contributed by atoms with van der Waals surface area (Å²) in [6.07, 6.45) is 4.69. The van der Waals surface area contributed by atoms with E-state index in [1.807, 2.05) is 0 Å². The second-order valence-electron chi connectivity index (χ2n) is 3.68. The lowest BCUT2D eigenvalue weighted by molar-refractivity contribution is 0.253. The molecule has 0 saturated carbocycles. The Morgan fingerprint density at radius 2 is 2.36 bits per heavy atom. The highest BCUT2D eigenvalue weighted by Gasteiger charge is 2.24. The second kappa shape index (κ2) is 3.91. The van der Waals surface area contributed by atoms with Gasteiger partial charge in [-0.3, -0.25) is 0 Å². The third-order valence-corrected chi connectivity index (χ3v) is 2.69. The summed E-state index contributed by atoms with van der Waals surface area (Å²) in [4.78, 5) is 0. The van der Waals surface area contributed by atoms with Crippen LogP contribution in [-0.4, -0.2) is 12.6 Å². The normalized spacial score (nSPS) is 38.5. The molecule has 0 spiro atoms. The Morgan fingerprint density at radius 3 is 2.91 bits per heavy atom. The van der Waals surface area contributed by atoms with Gasteiger partial charge in [0.2, 0.25) is 0 Å². The summed E-state index contributed by atoms with van der Waals surface area (Å²) >= 11 is 0. The van der Waals surface area contributed by atoms with Crippen molar-refractivity contribution >= 4 is 0 Å². The Bertz CT molecular complexity index is 131. The monoisotopic (exact) mass is 153 g/mol. The van der Waals surface area contributed by atoms with Gasteiger partial charge >= 0.3 is 0 Å². The van der Waals surface area contributed by atoms with Gasteiger partial charge in [0.1, 0.15) is 0 Å². The third-order valence-electron chi connectivity index (χ3n) is 2.69. The molecule has 1 N–H and O–H groups in total. The van der Waals surface area contributed by atoms with Gasteiger partial charge in [0.15, 0.2) is 0 Å². The molecule has 0 radical (unpaired) electrons. The molecule has 11 heavy (non-hydrogen) atoms. The van der Waals surface area contributed by atoms with Crippen LogP contribution in [0.1, 0.15) is 26.7 Å². The van der Waals surface area contributed by atoms with Crippen LogP contribution in [0.3, 0.4) is 0 Å². The number of piperidine rings is 1. The zero-order chi connectivity index (χ0) is 8.27. The van der Waals surface area contributed by atoms with Crippen LogP contribution in [0.5, 0.6) is 0 Å². The molecule has 1 fully saturated rings. The van der Waals surface area contributed by atoms with E-state index in [0.717, 1.165) is 18.4 Å². The van der Waals surface area contributed by atoms with E-state index >= 15 is 0 Å². The maximum atomic E-state index is 3.85. The molecule has 1 unspecified atom stereocenters. The standard InChI is InChI=1S/C10H19N/c1-4-9-6-8(3)7-11-10(9)5-2/h5,8-11H,2,4,6-7H2,1,3H3/t8-,9?,10+/m1/s1. The van der Waals surface area contributed by atoms with E-state index in [4.69, 9.17) is 0 Å². The molecule has 0 aliphatic carbocycles. The molecular weight excluding hydrogens is 134 g/mol. The van der Waals surface area contributed by atoms with Crippen molar-refractivity contribution in [3.8, 4) is 0 Å². The van der Waals surface area contributed by atoms with E-state index in [1.165, 1.54) is 12.8 Å². The molecule has 1 aliphatic rings. The highest BCUT2D eigenvalue weighted by atomic mass is 14.9. The Labute approximate surface area is 69.9 Å². The fourth-order valence-electron chi connectivity index (χ4n) is 1.95. The lowest BCUT2D eigenvalue weighted by Gasteiger charge is -2.33. The summed E-state index contributed by atoms with van der Waals surface area (Å²) in [6.45, 7) is 9.58. The van der Waals surface area contributed by atoms with Crippen molar-refractivity contribution in [3.63, 3.8) is 0 Å². The van der Waals surface area contributed by atoms with Crippen LogP contribution < -0.4 is 5.32 Å². The van der Waals surface area contributed by atoms with Crippen molar-refractivity contribution in [1.82, 2.24) is 5.32 Å². The summed E-state index contributed by atoms with van der Waals surface area (Å²) in [7, 11) is 0. The largest absolute Gasteiger partial charge is 0.310 e. The zero-order valence-electron chi connectivity index (χ0n) is 7.64. The first-order valence-corrected chi connectivity index (χ1v) is 4.63. The topological polar surface area (TPSA) is 12.0 Å². The molecule has 0 aromatic heterocycles. The number of nitrogens with one attached hydrogen (secondary N) is 1. The molecule has 1 saturated heterocycles. The summed E-state index contributed by atoms with van der Waals surface area (Å²) < 4.78 is 0. The second-order valence-corrected chi connectivity index (χ2v) is 3.68. The minimum Gasteiger partial charge on any atom is -0.310 e. The summed E-state index contributed by atoms with van der Waals surface area (Å²) in [5.41, 5.74) is 0. The average molecular weight is 153 g/mol. The van der Waals surface area contributed by atoms with E-state index in [0.29, 0.717) is 6.04 Å². The number of rotatable bonds is 2. The Morgan fingerprint density at radius 1 is 1.64 bits per heavy atom. The lowest BCUT2D eigenvalue weighted by atomic mass is 9.84. The predicted octanol–water partition coefficient (Wildman–Crippen LogP) is 2.20. The summed E-state index contributed by atoms with van der Waals surface area (Å²) in [6, 6.07) is 0.566. The zero-order valence-corrected chi connectivity index (χ0v) is 7.64. The number of hydrogen-bond acceptors (Lipinski definition) is 1. The molecule has 1 nitrogen and oxygen atoms in total. The minimum atomic E-state index is 0.566. The van der Waals surface area contributed by atoms with Gasteiger partial charge in [-0.15, -0.1) is 6.58 Å². The van der Waals surface area contributed by atoms with Crippen LogP contribution in [-0.2, 0) is 0 Å². The molecule has 1 aliphatic heterocycles. The van der Waals surface area contributed by atoms with Gasteiger partial charge < -0.3 is 5.32 Å². The van der Waals surface area contributed by atoms with Gasteiger partial charge in [-0.25, -0.2) is 0 Å². The van der Waals surface area contributed by atoms with Gasteiger partial charge in [-0.1, -0.05) is 26.3 Å². The predicted molar refractivity (Wildman–Crippen MR) is 49.5 cm³/mol. The number of hydrogen-bond donors (Lipinski definition) is 1. The van der Waals surface area contributed by atoms with Gasteiger partial charge in [-0.2, -0.15) is 0 Å². The lowest BCUT2D eigenvalue weighted by Crippen LogP contribution is -2.43. The van der Waals surface area contributed by atoms with Crippen LogP contribution in [0.25, 0.3) is 0 Å². The van der Waals surface area contributed by atoms with Crippen LogP contribution in [0, 0.1) is 11.8 Å². The molecule has 1 heterocycles. The molecule has 0 amide bonds. The first-order chi connectivity index (χ1) is 5.27. The smallest absolute Gasteiger partial charge is 0.0275 e.